The zero-order valence-electron chi connectivity index (χ0n) is 11.9. The molecule has 1 atom stereocenters. The summed E-state index contributed by atoms with van der Waals surface area (Å²) in [6.45, 7) is 9.59. The predicted molar refractivity (Wildman–Crippen MR) is 73.4 cm³/mol. The third-order valence-corrected chi connectivity index (χ3v) is 3.53. The Kier molecular flexibility index (Phi) is 3.30. The second-order valence-corrected chi connectivity index (χ2v) is 5.22. The summed E-state index contributed by atoms with van der Waals surface area (Å²) in [7, 11) is 0. The fraction of sp³-hybridized carbons (Fsp3) is 0.500. The number of carboxylic acid groups (broad SMARTS) is 1. The van der Waals surface area contributed by atoms with Crippen molar-refractivity contribution in [3.63, 3.8) is 0 Å². The standard InChI is InChI=1S/C14H19N3O2/c1-7(2)17-13-11(6-15-17)8(3)12(10(5)16-13)9(4)14(18)19/h6-7,9H,1-5H3,(H,18,19). The Labute approximate surface area is 112 Å². The predicted octanol–water partition coefficient (Wildman–Crippen LogP) is 2.82. The van der Waals surface area contributed by atoms with Gasteiger partial charge in [0.1, 0.15) is 0 Å². The van der Waals surface area contributed by atoms with E-state index in [1.807, 2.05) is 32.4 Å². The zero-order chi connectivity index (χ0) is 14.3. The number of aryl methyl sites for hydroxylation is 2. The van der Waals surface area contributed by atoms with Crippen molar-refractivity contribution in [3.05, 3.63) is 23.0 Å². The SMILES string of the molecule is Cc1nc2c(cnn2C(C)C)c(C)c1C(C)C(=O)O. The molecule has 0 aromatic carbocycles. The van der Waals surface area contributed by atoms with Gasteiger partial charge in [-0.25, -0.2) is 9.67 Å². The lowest BCUT2D eigenvalue weighted by Crippen LogP contribution is -2.12. The number of hydrogen-bond acceptors (Lipinski definition) is 3. The summed E-state index contributed by atoms with van der Waals surface area (Å²) in [6.07, 6.45) is 1.77. The molecule has 1 unspecified atom stereocenters. The Bertz CT molecular complexity index is 644. The van der Waals surface area contributed by atoms with E-state index < -0.39 is 11.9 Å². The molecule has 0 spiro atoms. The number of nitrogens with zero attached hydrogens (tertiary/aromatic N) is 3. The van der Waals surface area contributed by atoms with Crippen LogP contribution in [0, 0.1) is 13.8 Å². The summed E-state index contributed by atoms with van der Waals surface area (Å²) in [6, 6.07) is 0.228. The number of hydrogen-bond donors (Lipinski definition) is 1. The molecule has 0 amide bonds. The van der Waals surface area contributed by atoms with Gasteiger partial charge in [-0.3, -0.25) is 4.79 Å². The van der Waals surface area contributed by atoms with Crippen LogP contribution < -0.4 is 0 Å². The maximum absolute atomic E-state index is 11.2. The molecule has 0 fully saturated rings. The monoisotopic (exact) mass is 261 g/mol. The second kappa shape index (κ2) is 4.64. The van der Waals surface area contributed by atoms with E-state index in [4.69, 9.17) is 0 Å². The molecular weight excluding hydrogens is 242 g/mol. The third-order valence-electron chi connectivity index (χ3n) is 3.53. The Hall–Kier alpha value is -1.91. The molecule has 0 aliphatic carbocycles. The highest BCUT2D eigenvalue weighted by molar-refractivity contribution is 5.84. The van der Waals surface area contributed by atoms with Crippen LogP contribution in [0.4, 0.5) is 0 Å². The molecular formula is C14H19N3O2. The summed E-state index contributed by atoms with van der Waals surface area (Å²) < 4.78 is 1.87. The first-order chi connectivity index (χ1) is 8.84. The topological polar surface area (TPSA) is 68.0 Å². The number of carbonyl (C=O) groups is 1. The first kappa shape index (κ1) is 13.5. The number of aliphatic carboxylic acids is 1. The summed E-state index contributed by atoms with van der Waals surface area (Å²) >= 11 is 0. The summed E-state index contributed by atoms with van der Waals surface area (Å²) in [5.41, 5.74) is 3.35. The van der Waals surface area contributed by atoms with E-state index in [9.17, 15) is 9.90 Å². The Balaban J connectivity index is 2.74. The summed E-state index contributed by atoms with van der Waals surface area (Å²) in [5.74, 6) is -1.39. The fourth-order valence-corrected chi connectivity index (χ4v) is 2.51. The van der Waals surface area contributed by atoms with Crippen LogP contribution in [-0.4, -0.2) is 25.8 Å². The van der Waals surface area contributed by atoms with Gasteiger partial charge < -0.3 is 5.11 Å². The molecule has 102 valence electrons. The third kappa shape index (κ3) is 2.09. The minimum absolute atomic E-state index is 0.228. The quantitative estimate of drug-likeness (QED) is 0.922. The second-order valence-electron chi connectivity index (χ2n) is 5.22. The van der Waals surface area contributed by atoms with Crippen LogP contribution in [0.3, 0.4) is 0 Å². The minimum atomic E-state index is -0.830. The van der Waals surface area contributed by atoms with Crippen molar-refractivity contribution in [2.75, 3.05) is 0 Å². The van der Waals surface area contributed by atoms with Gasteiger partial charge in [-0.15, -0.1) is 0 Å². The van der Waals surface area contributed by atoms with Gasteiger partial charge in [0.2, 0.25) is 0 Å². The van der Waals surface area contributed by atoms with Crippen LogP contribution in [0.25, 0.3) is 11.0 Å². The maximum atomic E-state index is 11.2. The van der Waals surface area contributed by atoms with Crippen molar-refractivity contribution in [1.29, 1.82) is 0 Å². The fourth-order valence-electron chi connectivity index (χ4n) is 2.51. The number of rotatable bonds is 3. The van der Waals surface area contributed by atoms with Gasteiger partial charge in [0.15, 0.2) is 5.65 Å². The van der Waals surface area contributed by atoms with E-state index in [0.29, 0.717) is 0 Å². The van der Waals surface area contributed by atoms with E-state index in [-0.39, 0.29) is 6.04 Å². The highest BCUT2D eigenvalue weighted by Gasteiger charge is 2.22. The van der Waals surface area contributed by atoms with Gasteiger partial charge in [0.25, 0.3) is 0 Å². The van der Waals surface area contributed by atoms with Gasteiger partial charge in [-0.05, 0) is 45.7 Å². The molecule has 2 heterocycles. The van der Waals surface area contributed by atoms with Crippen LogP contribution in [-0.2, 0) is 4.79 Å². The lowest BCUT2D eigenvalue weighted by Gasteiger charge is -2.15. The van der Waals surface area contributed by atoms with Gasteiger partial charge in [0.05, 0.1) is 12.1 Å². The van der Waals surface area contributed by atoms with Gasteiger partial charge >= 0.3 is 5.97 Å². The lowest BCUT2D eigenvalue weighted by molar-refractivity contribution is -0.138. The van der Waals surface area contributed by atoms with E-state index in [1.165, 1.54) is 0 Å². The zero-order valence-corrected chi connectivity index (χ0v) is 11.9. The van der Waals surface area contributed by atoms with Crippen molar-refractivity contribution >= 4 is 17.0 Å². The Morgan fingerprint density at radius 2 is 1.95 bits per heavy atom. The van der Waals surface area contributed by atoms with Crippen molar-refractivity contribution in [2.45, 2.75) is 46.6 Å². The Morgan fingerprint density at radius 1 is 1.32 bits per heavy atom. The number of pyridine rings is 1. The van der Waals surface area contributed by atoms with Gasteiger partial charge in [0, 0.05) is 17.1 Å². The highest BCUT2D eigenvalue weighted by atomic mass is 16.4. The van der Waals surface area contributed by atoms with Gasteiger partial charge in [-0.2, -0.15) is 5.10 Å². The van der Waals surface area contributed by atoms with E-state index in [1.54, 1.807) is 13.1 Å². The van der Waals surface area contributed by atoms with Crippen LogP contribution in [0.1, 0.15) is 49.6 Å². The Morgan fingerprint density at radius 3 is 2.47 bits per heavy atom. The average molecular weight is 261 g/mol. The maximum Gasteiger partial charge on any atom is 0.310 e. The lowest BCUT2D eigenvalue weighted by atomic mass is 9.94. The van der Waals surface area contributed by atoms with Crippen LogP contribution in [0.5, 0.6) is 0 Å². The number of fused-ring (bicyclic) bond motifs is 1. The number of carboxylic acids is 1. The van der Waals surface area contributed by atoms with Crippen LogP contribution in [0.15, 0.2) is 6.20 Å². The highest BCUT2D eigenvalue weighted by Crippen LogP contribution is 2.29. The van der Waals surface area contributed by atoms with Crippen molar-refractivity contribution in [1.82, 2.24) is 14.8 Å². The molecule has 0 radical (unpaired) electrons. The molecule has 2 aromatic heterocycles. The largest absolute Gasteiger partial charge is 0.481 e. The van der Waals surface area contributed by atoms with Crippen molar-refractivity contribution in [2.24, 2.45) is 0 Å². The summed E-state index contributed by atoms with van der Waals surface area (Å²) in [5, 5.41) is 14.5. The first-order valence-corrected chi connectivity index (χ1v) is 6.41. The van der Waals surface area contributed by atoms with Crippen LogP contribution >= 0.6 is 0 Å². The van der Waals surface area contributed by atoms with E-state index >= 15 is 0 Å². The van der Waals surface area contributed by atoms with Crippen molar-refractivity contribution < 1.29 is 9.90 Å². The molecule has 0 aliphatic rings. The van der Waals surface area contributed by atoms with Gasteiger partial charge in [-0.1, -0.05) is 0 Å². The molecule has 2 aromatic rings. The molecule has 1 N–H and O–H groups in total. The molecule has 2 rings (SSSR count). The molecule has 5 nitrogen and oxygen atoms in total. The van der Waals surface area contributed by atoms with Crippen molar-refractivity contribution in [3.8, 4) is 0 Å². The molecule has 5 heteroatoms. The molecule has 19 heavy (non-hydrogen) atoms. The molecule has 0 bridgehead atoms. The minimum Gasteiger partial charge on any atom is -0.481 e. The number of aromatic nitrogens is 3. The summed E-state index contributed by atoms with van der Waals surface area (Å²) in [4.78, 5) is 15.8. The first-order valence-electron chi connectivity index (χ1n) is 6.41. The van der Waals surface area contributed by atoms with E-state index in [0.717, 1.165) is 27.9 Å². The molecule has 0 aliphatic heterocycles. The average Bonchev–Trinajstić information content (AvgIpc) is 2.72. The molecule has 0 saturated heterocycles. The van der Waals surface area contributed by atoms with E-state index in [2.05, 4.69) is 10.1 Å². The molecule has 0 saturated carbocycles. The van der Waals surface area contributed by atoms with Crippen LogP contribution in [0.2, 0.25) is 0 Å². The smallest absolute Gasteiger partial charge is 0.310 e. The normalized spacial score (nSPS) is 13.2.